The fourth-order valence-corrected chi connectivity index (χ4v) is 4.19. The summed E-state index contributed by atoms with van der Waals surface area (Å²) in [6.07, 6.45) is 2.73. The number of pyridine rings is 1. The number of methoxy groups -OCH3 is 1. The van der Waals surface area contributed by atoms with Crippen LogP contribution in [0.25, 0.3) is 0 Å². The first-order valence-corrected chi connectivity index (χ1v) is 9.11. The van der Waals surface area contributed by atoms with Crippen molar-refractivity contribution in [3.63, 3.8) is 0 Å². The van der Waals surface area contributed by atoms with Crippen LogP contribution in [0.2, 0.25) is 0 Å². The van der Waals surface area contributed by atoms with Gasteiger partial charge in [-0.05, 0) is 36.2 Å². The maximum Gasteiger partial charge on any atom is 0.242 e. The van der Waals surface area contributed by atoms with Gasteiger partial charge in [0.2, 0.25) is 5.91 Å². The van der Waals surface area contributed by atoms with Crippen molar-refractivity contribution in [1.29, 1.82) is 0 Å². The van der Waals surface area contributed by atoms with Gasteiger partial charge in [-0.2, -0.15) is 0 Å². The molecule has 2 aliphatic rings. The van der Waals surface area contributed by atoms with Crippen LogP contribution in [0.4, 0.5) is 0 Å². The molecule has 0 saturated carbocycles. The number of aromatic nitrogens is 1. The summed E-state index contributed by atoms with van der Waals surface area (Å²) in [5.74, 6) is 1.06. The smallest absolute Gasteiger partial charge is 0.242 e. The van der Waals surface area contributed by atoms with Crippen molar-refractivity contribution in [2.45, 2.75) is 31.5 Å². The normalized spacial score (nSPS) is 27.6. The summed E-state index contributed by atoms with van der Waals surface area (Å²) < 4.78 is 5.27. The van der Waals surface area contributed by atoms with Crippen molar-refractivity contribution in [1.82, 2.24) is 20.7 Å². The topological polar surface area (TPSA) is 66.5 Å². The van der Waals surface area contributed by atoms with E-state index in [2.05, 4.69) is 34.9 Å². The minimum Gasteiger partial charge on any atom is -0.497 e. The van der Waals surface area contributed by atoms with E-state index < -0.39 is 0 Å². The summed E-state index contributed by atoms with van der Waals surface area (Å²) in [6.45, 7) is 2.84. The second-order valence-electron chi connectivity index (χ2n) is 6.83. The van der Waals surface area contributed by atoms with Crippen molar-refractivity contribution in [2.24, 2.45) is 5.92 Å². The van der Waals surface area contributed by atoms with Crippen molar-refractivity contribution in [3.05, 3.63) is 59.9 Å². The summed E-state index contributed by atoms with van der Waals surface area (Å²) in [5.41, 5.74) is 8.66. The van der Waals surface area contributed by atoms with Crippen LogP contribution in [0, 0.1) is 5.92 Å². The van der Waals surface area contributed by atoms with Gasteiger partial charge in [-0.1, -0.05) is 25.1 Å². The number of carbonyl (C=O) groups excluding carboxylic acids is 1. The van der Waals surface area contributed by atoms with Crippen LogP contribution in [-0.2, 0) is 4.79 Å². The maximum absolute atomic E-state index is 13.0. The van der Waals surface area contributed by atoms with E-state index in [-0.39, 0.29) is 30.0 Å². The van der Waals surface area contributed by atoms with E-state index >= 15 is 0 Å². The lowest BCUT2D eigenvalue weighted by molar-refractivity contribution is -0.130. The zero-order valence-corrected chi connectivity index (χ0v) is 15.1. The second-order valence-corrected chi connectivity index (χ2v) is 6.83. The van der Waals surface area contributed by atoms with Crippen LogP contribution >= 0.6 is 0 Å². The van der Waals surface area contributed by atoms with Gasteiger partial charge in [0.1, 0.15) is 11.8 Å². The Bertz CT molecular complexity index is 765. The lowest BCUT2D eigenvalue weighted by Crippen LogP contribution is -2.41. The Morgan fingerprint density at radius 2 is 1.88 bits per heavy atom. The highest BCUT2D eigenvalue weighted by molar-refractivity contribution is 5.86. The number of hydrogen-bond acceptors (Lipinski definition) is 5. The van der Waals surface area contributed by atoms with Gasteiger partial charge in [-0.15, -0.1) is 0 Å². The first kappa shape index (κ1) is 17.0. The molecule has 2 saturated heterocycles. The zero-order valence-electron chi connectivity index (χ0n) is 15.1. The standard InChI is InChI=1S/C20H24N4O2/c1-3-12-24-19(15-6-4-5-11-21-15)16-17(22-23-18(16)20(24)25)13-7-9-14(26-2)10-8-13/h4-11,16-19,22-23H,3,12H2,1-2H3. The Balaban J connectivity index is 1.72. The van der Waals surface area contributed by atoms with Crippen molar-refractivity contribution < 1.29 is 9.53 Å². The fraction of sp³-hybridized carbons (Fsp3) is 0.400. The third-order valence-corrected chi connectivity index (χ3v) is 5.34. The molecule has 0 bridgehead atoms. The molecule has 2 aliphatic heterocycles. The van der Waals surface area contributed by atoms with Gasteiger partial charge in [0.05, 0.1) is 24.9 Å². The molecule has 4 rings (SSSR count). The average Bonchev–Trinajstić information content (AvgIpc) is 3.23. The number of hydrazine groups is 1. The zero-order chi connectivity index (χ0) is 18.1. The minimum absolute atomic E-state index is 0.0312. The first-order valence-electron chi connectivity index (χ1n) is 9.11. The largest absolute Gasteiger partial charge is 0.497 e. The van der Waals surface area contributed by atoms with Crippen LogP contribution in [0.15, 0.2) is 48.7 Å². The maximum atomic E-state index is 13.0. The molecule has 0 spiro atoms. The van der Waals surface area contributed by atoms with E-state index in [4.69, 9.17) is 4.74 Å². The van der Waals surface area contributed by atoms with Crippen LogP contribution in [0.5, 0.6) is 5.75 Å². The third-order valence-electron chi connectivity index (χ3n) is 5.34. The highest BCUT2D eigenvalue weighted by Crippen LogP contribution is 2.46. The highest BCUT2D eigenvalue weighted by atomic mass is 16.5. The number of nitrogens with one attached hydrogen (secondary N) is 2. The molecule has 26 heavy (non-hydrogen) atoms. The van der Waals surface area contributed by atoms with Gasteiger partial charge in [0.25, 0.3) is 0 Å². The van der Waals surface area contributed by atoms with Gasteiger partial charge >= 0.3 is 0 Å². The van der Waals surface area contributed by atoms with E-state index in [0.29, 0.717) is 0 Å². The number of rotatable bonds is 5. The summed E-state index contributed by atoms with van der Waals surface area (Å²) in [7, 11) is 1.66. The molecule has 2 aromatic rings. The molecule has 0 aliphatic carbocycles. The van der Waals surface area contributed by atoms with Crippen LogP contribution in [0.3, 0.4) is 0 Å². The van der Waals surface area contributed by atoms with E-state index in [1.165, 1.54) is 0 Å². The van der Waals surface area contributed by atoms with Gasteiger partial charge in [0.15, 0.2) is 0 Å². The van der Waals surface area contributed by atoms with Gasteiger partial charge in [-0.3, -0.25) is 9.78 Å². The average molecular weight is 352 g/mol. The molecule has 6 nitrogen and oxygen atoms in total. The first-order chi connectivity index (χ1) is 12.7. The molecule has 3 heterocycles. The van der Waals surface area contributed by atoms with Gasteiger partial charge in [-0.25, -0.2) is 10.9 Å². The van der Waals surface area contributed by atoms with E-state index in [1.54, 1.807) is 13.3 Å². The molecule has 1 aromatic heterocycles. The lowest BCUT2D eigenvalue weighted by atomic mass is 9.85. The molecular formula is C20H24N4O2. The van der Waals surface area contributed by atoms with Gasteiger partial charge < -0.3 is 9.64 Å². The number of likely N-dealkylation sites (tertiary alicyclic amines) is 1. The van der Waals surface area contributed by atoms with E-state index in [1.807, 2.05) is 35.2 Å². The summed E-state index contributed by atoms with van der Waals surface area (Å²) in [5, 5.41) is 0. The quantitative estimate of drug-likeness (QED) is 0.864. The molecule has 2 N–H and O–H groups in total. The predicted molar refractivity (Wildman–Crippen MR) is 98.3 cm³/mol. The Labute approximate surface area is 153 Å². The SMILES string of the molecule is CCCN1C(=O)C2NNC(c3ccc(OC)cc3)C2C1c1ccccn1. The van der Waals surface area contributed by atoms with E-state index in [0.717, 1.165) is 30.0 Å². The minimum atomic E-state index is -0.236. The summed E-state index contributed by atoms with van der Waals surface area (Å²) >= 11 is 0. The molecule has 2 fully saturated rings. The Kier molecular flexibility index (Phi) is 4.61. The lowest BCUT2D eigenvalue weighted by Gasteiger charge is -2.30. The molecule has 1 amide bonds. The number of benzene rings is 1. The Hall–Kier alpha value is -2.44. The number of ether oxygens (including phenoxy) is 1. The molecule has 4 atom stereocenters. The number of carbonyl (C=O) groups is 1. The monoisotopic (exact) mass is 352 g/mol. The molecular weight excluding hydrogens is 328 g/mol. The molecule has 6 heteroatoms. The van der Waals surface area contributed by atoms with Crippen LogP contribution in [0.1, 0.15) is 36.7 Å². The molecule has 4 unspecified atom stereocenters. The van der Waals surface area contributed by atoms with Gasteiger partial charge in [0, 0.05) is 18.7 Å². The predicted octanol–water partition coefficient (Wildman–Crippen LogP) is 2.22. The molecule has 1 aromatic carbocycles. The number of nitrogens with zero attached hydrogens (tertiary/aromatic N) is 2. The Morgan fingerprint density at radius 1 is 1.12 bits per heavy atom. The number of hydrogen-bond donors (Lipinski definition) is 2. The Morgan fingerprint density at radius 3 is 2.54 bits per heavy atom. The molecule has 136 valence electrons. The fourth-order valence-electron chi connectivity index (χ4n) is 4.19. The summed E-state index contributed by atoms with van der Waals surface area (Å²) in [6, 6.07) is 13.7. The van der Waals surface area contributed by atoms with Crippen LogP contribution < -0.4 is 15.6 Å². The van der Waals surface area contributed by atoms with Crippen molar-refractivity contribution in [2.75, 3.05) is 13.7 Å². The number of fused-ring (bicyclic) bond motifs is 1. The molecule has 0 radical (unpaired) electrons. The van der Waals surface area contributed by atoms with E-state index in [9.17, 15) is 4.79 Å². The third kappa shape index (κ3) is 2.75. The summed E-state index contributed by atoms with van der Waals surface area (Å²) in [4.78, 5) is 19.6. The van der Waals surface area contributed by atoms with Crippen molar-refractivity contribution >= 4 is 5.91 Å². The highest BCUT2D eigenvalue weighted by Gasteiger charge is 2.55. The van der Waals surface area contributed by atoms with Crippen LogP contribution in [-0.4, -0.2) is 35.5 Å². The number of amides is 1. The van der Waals surface area contributed by atoms with Crippen molar-refractivity contribution in [3.8, 4) is 5.75 Å². The second kappa shape index (κ2) is 7.05.